The standard InChI is InChI=1S/C20H30O2/c1-12(2)7-6-8-13(3)16-10-9-14(4)18-17(16)11-15(5)19(21)20(18)22/h7,11,13-14,16,21-22H,6,8-10H2,1-5H3/t13-,14+,16-/m0/s1. The van der Waals surface area contributed by atoms with Gasteiger partial charge in [-0.3, -0.25) is 0 Å². The summed E-state index contributed by atoms with van der Waals surface area (Å²) in [6.07, 6.45) is 6.86. The molecule has 2 N–H and O–H groups in total. The molecule has 0 radical (unpaired) electrons. The van der Waals surface area contributed by atoms with Crippen molar-refractivity contribution in [1.29, 1.82) is 0 Å². The second-order valence-electron chi connectivity index (χ2n) is 7.31. The zero-order valence-corrected chi connectivity index (χ0v) is 14.6. The van der Waals surface area contributed by atoms with E-state index in [0.717, 1.165) is 24.0 Å². The first-order valence-corrected chi connectivity index (χ1v) is 8.51. The van der Waals surface area contributed by atoms with Gasteiger partial charge in [-0.1, -0.05) is 31.6 Å². The van der Waals surface area contributed by atoms with Crippen molar-refractivity contribution in [2.75, 3.05) is 0 Å². The summed E-state index contributed by atoms with van der Waals surface area (Å²) in [4.78, 5) is 0. The number of phenolic OH excluding ortho intramolecular Hbond substituents is 2. The van der Waals surface area contributed by atoms with Gasteiger partial charge in [0.2, 0.25) is 0 Å². The van der Waals surface area contributed by atoms with Gasteiger partial charge in [-0.05, 0) is 75.3 Å². The minimum atomic E-state index is 0.0587. The Morgan fingerprint density at radius 2 is 1.95 bits per heavy atom. The van der Waals surface area contributed by atoms with Crippen molar-refractivity contribution in [3.8, 4) is 11.5 Å². The Labute approximate surface area is 134 Å². The molecule has 1 aromatic rings. The molecule has 2 rings (SSSR count). The summed E-state index contributed by atoms with van der Waals surface area (Å²) in [5, 5.41) is 20.4. The highest BCUT2D eigenvalue weighted by Gasteiger charge is 2.32. The molecule has 0 unspecified atom stereocenters. The van der Waals surface area contributed by atoms with Crippen LogP contribution in [0, 0.1) is 12.8 Å². The van der Waals surface area contributed by atoms with Crippen molar-refractivity contribution in [2.45, 2.75) is 72.1 Å². The summed E-state index contributed by atoms with van der Waals surface area (Å²) >= 11 is 0. The molecule has 0 aliphatic heterocycles. The summed E-state index contributed by atoms with van der Waals surface area (Å²) in [5.74, 6) is 1.57. The minimum Gasteiger partial charge on any atom is -0.504 e. The summed E-state index contributed by atoms with van der Waals surface area (Å²) in [5.41, 5.74) is 4.40. The zero-order valence-electron chi connectivity index (χ0n) is 14.6. The van der Waals surface area contributed by atoms with E-state index in [2.05, 4.69) is 39.8 Å². The van der Waals surface area contributed by atoms with E-state index in [-0.39, 0.29) is 11.5 Å². The molecule has 1 aliphatic carbocycles. The van der Waals surface area contributed by atoms with Gasteiger partial charge in [0, 0.05) is 5.56 Å². The smallest absolute Gasteiger partial charge is 0.161 e. The second-order valence-corrected chi connectivity index (χ2v) is 7.31. The summed E-state index contributed by atoms with van der Waals surface area (Å²) < 4.78 is 0. The molecule has 22 heavy (non-hydrogen) atoms. The second kappa shape index (κ2) is 6.76. The van der Waals surface area contributed by atoms with Crippen LogP contribution in [0.3, 0.4) is 0 Å². The van der Waals surface area contributed by atoms with Gasteiger partial charge < -0.3 is 10.2 Å². The van der Waals surface area contributed by atoms with Crippen LogP contribution in [-0.2, 0) is 0 Å². The first-order chi connectivity index (χ1) is 10.3. The monoisotopic (exact) mass is 302 g/mol. The quantitative estimate of drug-likeness (QED) is 0.547. The van der Waals surface area contributed by atoms with Crippen LogP contribution >= 0.6 is 0 Å². The van der Waals surface area contributed by atoms with Gasteiger partial charge in [0.15, 0.2) is 11.5 Å². The topological polar surface area (TPSA) is 40.5 Å². The van der Waals surface area contributed by atoms with Crippen LogP contribution in [0.1, 0.15) is 81.9 Å². The van der Waals surface area contributed by atoms with Crippen molar-refractivity contribution in [3.63, 3.8) is 0 Å². The first-order valence-electron chi connectivity index (χ1n) is 8.51. The van der Waals surface area contributed by atoms with Crippen molar-refractivity contribution in [1.82, 2.24) is 0 Å². The summed E-state index contributed by atoms with van der Waals surface area (Å²) in [7, 11) is 0. The molecule has 0 saturated heterocycles. The highest BCUT2D eigenvalue weighted by Crippen LogP contribution is 2.50. The molecule has 0 amide bonds. The van der Waals surface area contributed by atoms with Crippen molar-refractivity contribution < 1.29 is 10.2 Å². The van der Waals surface area contributed by atoms with Gasteiger partial charge in [0.1, 0.15) is 0 Å². The number of fused-ring (bicyclic) bond motifs is 1. The molecule has 2 nitrogen and oxygen atoms in total. The zero-order chi connectivity index (χ0) is 16.4. The summed E-state index contributed by atoms with van der Waals surface area (Å²) in [6.45, 7) is 10.6. The molecule has 0 spiro atoms. The van der Waals surface area contributed by atoms with Gasteiger partial charge in [-0.15, -0.1) is 0 Å². The third-order valence-corrected chi connectivity index (χ3v) is 5.20. The molecule has 0 bridgehead atoms. The minimum absolute atomic E-state index is 0.0587. The van der Waals surface area contributed by atoms with Gasteiger partial charge in [0.05, 0.1) is 0 Å². The van der Waals surface area contributed by atoms with Crippen LogP contribution in [0.4, 0.5) is 0 Å². The maximum atomic E-state index is 10.4. The van der Waals surface area contributed by atoms with Crippen molar-refractivity contribution in [2.24, 2.45) is 5.92 Å². The lowest BCUT2D eigenvalue weighted by Crippen LogP contribution is -2.19. The fourth-order valence-electron chi connectivity index (χ4n) is 3.81. The summed E-state index contributed by atoms with van der Waals surface area (Å²) in [6, 6.07) is 2.10. The van der Waals surface area contributed by atoms with Gasteiger partial charge in [-0.2, -0.15) is 0 Å². The highest BCUT2D eigenvalue weighted by molar-refractivity contribution is 5.56. The van der Waals surface area contributed by atoms with Gasteiger partial charge in [0.25, 0.3) is 0 Å². The van der Waals surface area contributed by atoms with Crippen LogP contribution in [-0.4, -0.2) is 10.2 Å². The average Bonchev–Trinajstić information content (AvgIpc) is 2.44. The predicted octanol–water partition coefficient (Wildman–Crippen LogP) is 5.77. The lowest BCUT2D eigenvalue weighted by atomic mass is 9.70. The maximum Gasteiger partial charge on any atom is 0.161 e. The van der Waals surface area contributed by atoms with Crippen LogP contribution in [0.25, 0.3) is 0 Å². The largest absolute Gasteiger partial charge is 0.504 e. The van der Waals surface area contributed by atoms with E-state index in [0.29, 0.717) is 17.8 Å². The fourth-order valence-corrected chi connectivity index (χ4v) is 3.81. The molecule has 0 fully saturated rings. The van der Waals surface area contributed by atoms with Crippen LogP contribution in [0.2, 0.25) is 0 Å². The third kappa shape index (κ3) is 3.31. The molecule has 1 aromatic carbocycles. The first kappa shape index (κ1) is 16.9. The Balaban J connectivity index is 2.30. The molecule has 122 valence electrons. The Kier molecular flexibility index (Phi) is 5.20. The number of rotatable bonds is 4. The number of hydrogen-bond donors (Lipinski definition) is 2. The Morgan fingerprint density at radius 1 is 1.27 bits per heavy atom. The number of allylic oxidation sites excluding steroid dienone is 2. The number of phenols is 2. The van der Waals surface area contributed by atoms with Crippen LogP contribution in [0.5, 0.6) is 11.5 Å². The van der Waals surface area contributed by atoms with Crippen LogP contribution in [0.15, 0.2) is 17.7 Å². The number of aryl methyl sites for hydroxylation is 1. The predicted molar refractivity (Wildman–Crippen MR) is 92.7 cm³/mol. The Bertz CT molecular complexity index is 568. The SMILES string of the molecule is CC(C)=CCC[C@H](C)[C@@H]1CC[C@@H](C)c2c1cc(C)c(O)c2O. The van der Waals surface area contributed by atoms with E-state index in [4.69, 9.17) is 0 Å². The molecule has 0 aromatic heterocycles. The molecule has 0 heterocycles. The Morgan fingerprint density at radius 3 is 2.59 bits per heavy atom. The van der Waals surface area contributed by atoms with Crippen molar-refractivity contribution in [3.05, 3.63) is 34.4 Å². The molecular weight excluding hydrogens is 272 g/mol. The number of benzene rings is 1. The fraction of sp³-hybridized carbons (Fsp3) is 0.600. The molecule has 1 aliphatic rings. The number of aromatic hydroxyl groups is 2. The van der Waals surface area contributed by atoms with E-state index in [1.165, 1.54) is 24.0 Å². The van der Waals surface area contributed by atoms with Gasteiger partial charge >= 0.3 is 0 Å². The molecule has 3 atom stereocenters. The molecular formula is C20H30O2. The van der Waals surface area contributed by atoms with E-state index < -0.39 is 0 Å². The van der Waals surface area contributed by atoms with E-state index in [1.54, 1.807) is 0 Å². The molecule has 2 heteroatoms. The molecule has 0 saturated carbocycles. The maximum absolute atomic E-state index is 10.4. The van der Waals surface area contributed by atoms with E-state index >= 15 is 0 Å². The van der Waals surface area contributed by atoms with E-state index in [9.17, 15) is 10.2 Å². The lowest BCUT2D eigenvalue weighted by molar-refractivity contribution is 0.350. The van der Waals surface area contributed by atoms with Gasteiger partial charge in [-0.25, -0.2) is 0 Å². The Hall–Kier alpha value is -1.44. The normalized spacial score (nSPS) is 22.0. The van der Waals surface area contributed by atoms with Crippen LogP contribution < -0.4 is 0 Å². The number of hydrogen-bond acceptors (Lipinski definition) is 2. The highest BCUT2D eigenvalue weighted by atomic mass is 16.3. The third-order valence-electron chi connectivity index (χ3n) is 5.20. The average molecular weight is 302 g/mol. The lowest BCUT2D eigenvalue weighted by Gasteiger charge is -2.34. The van der Waals surface area contributed by atoms with Crippen molar-refractivity contribution >= 4 is 0 Å². The van der Waals surface area contributed by atoms with E-state index in [1.807, 2.05) is 6.92 Å².